The highest BCUT2D eigenvalue weighted by Gasteiger charge is 2.16. The number of aryl methyl sites for hydroxylation is 2. The lowest BCUT2D eigenvalue weighted by Gasteiger charge is -2.03. The summed E-state index contributed by atoms with van der Waals surface area (Å²) in [5.41, 5.74) is 5.29. The molecule has 124 valence electrons. The fourth-order valence-electron chi connectivity index (χ4n) is 2.77. The van der Waals surface area contributed by atoms with Crippen molar-refractivity contribution < 1.29 is 4.79 Å². The number of amides is 1. The number of carbonyl (C=O) groups is 1. The molecule has 3 rings (SSSR count). The Balaban J connectivity index is 1.66. The lowest BCUT2D eigenvalue weighted by molar-refractivity contribution is 0.0949. The summed E-state index contributed by atoms with van der Waals surface area (Å²) in [7, 11) is 1.90. The second kappa shape index (κ2) is 6.70. The van der Waals surface area contributed by atoms with Crippen molar-refractivity contribution >= 4 is 5.91 Å². The van der Waals surface area contributed by atoms with Gasteiger partial charge in [-0.2, -0.15) is 10.2 Å². The summed E-state index contributed by atoms with van der Waals surface area (Å²) in [4.78, 5) is 12.3. The molecule has 0 aliphatic rings. The predicted octanol–water partition coefficient (Wildman–Crippen LogP) is 2.40. The van der Waals surface area contributed by atoms with E-state index in [1.54, 1.807) is 6.07 Å². The highest BCUT2D eigenvalue weighted by atomic mass is 16.1. The van der Waals surface area contributed by atoms with Crippen LogP contribution in [0.5, 0.6) is 0 Å². The molecular weight excluding hydrogens is 302 g/mol. The Kier molecular flexibility index (Phi) is 4.46. The van der Waals surface area contributed by atoms with Crippen molar-refractivity contribution in [3.05, 3.63) is 59.0 Å². The molecule has 0 radical (unpaired) electrons. The van der Waals surface area contributed by atoms with Gasteiger partial charge in [-0.15, -0.1) is 0 Å². The van der Waals surface area contributed by atoms with E-state index < -0.39 is 0 Å². The zero-order chi connectivity index (χ0) is 17.1. The minimum Gasteiger partial charge on any atom is -0.350 e. The molecule has 0 spiro atoms. The van der Waals surface area contributed by atoms with Gasteiger partial charge in [-0.3, -0.25) is 14.6 Å². The third-order valence-corrected chi connectivity index (χ3v) is 4.13. The molecule has 2 N–H and O–H groups in total. The number of hydrogen-bond donors (Lipinski definition) is 2. The van der Waals surface area contributed by atoms with Gasteiger partial charge in [0.05, 0.1) is 11.4 Å². The highest BCUT2D eigenvalue weighted by Crippen LogP contribution is 2.25. The van der Waals surface area contributed by atoms with Crippen molar-refractivity contribution in [2.75, 3.05) is 6.54 Å². The number of aromatic amines is 1. The molecule has 0 aliphatic carbocycles. The van der Waals surface area contributed by atoms with Crippen molar-refractivity contribution in [1.29, 1.82) is 0 Å². The number of nitrogens with zero attached hydrogens (tertiary/aromatic N) is 3. The molecule has 0 saturated heterocycles. The van der Waals surface area contributed by atoms with Gasteiger partial charge in [0, 0.05) is 24.8 Å². The molecule has 2 aromatic heterocycles. The Morgan fingerprint density at radius 1 is 1.25 bits per heavy atom. The van der Waals surface area contributed by atoms with Gasteiger partial charge >= 0.3 is 0 Å². The first-order valence-corrected chi connectivity index (χ1v) is 7.94. The second-order valence-electron chi connectivity index (χ2n) is 5.83. The van der Waals surface area contributed by atoms with Crippen LogP contribution in [0, 0.1) is 13.8 Å². The second-order valence-corrected chi connectivity index (χ2v) is 5.83. The summed E-state index contributed by atoms with van der Waals surface area (Å²) in [5, 5.41) is 14.4. The monoisotopic (exact) mass is 323 g/mol. The SMILES string of the molecule is Cc1nn(C)c(C)c1-c1cc(C(=O)NCCc2ccccc2)[nH]n1. The highest BCUT2D eigenvalue weighted by molar-refractivity contribution is 5.93. The van der Waals surface area contributed by atoms with Gasteiger partial charge in [0.15, 0.2) is 0 Å². The molecule has 2 heterocycles. The minimum absolute atomic E-state index is 0.149. The van der Waals surface area contributed by atoms with E-state index in [0.717, 1.165) is 29.1 Å². The molecule has 24 heavy (non-hydrogen) atoms. The summed E-state index contributed by atoms with van der Waals surface area (Å²) in [5.74, 6) is -0.149. The number of benzene rings is 1. The molecule has 6 nitrogen and oxygen atoms in total. The largest absolute Gasteiger partial charge is 0.350 e. The number of H-pyrrole nitrogens is 1. The Bertz CT molecular complexity index is 848. The van der Waals surface area contributed by atoms with Crippen LogP contribution < -0.4 is 5.32 Å². The minimum atomic E-state index is -0.149. The van der Waals surface area contributed by atoms with Gasteiger partial charge in [0.2, 0.25) is 0 Å². The molecule has 1 amide bonds. The molecule has 6 heteroatoms. The van der Waals surface area contributed by atoms with E-state index in [1.807, 2.05) is 43.8 Å². The summed E-state index contributed by atoms with van der Waals surface area (Å²) in [6.07, 6.45) is 0.800. The molecule has 0 atom stereocenters. The van der Waals surface area contributed by atoms with Gasteiger partial charge < -0.3 is 5.32 Å². The molecular formula is C18H21N5O. The lowest BCUT2D eigenvalue weighted by atomic mass is 10.1. The van der Waals surface area contributed by atoms with Gasteiger partial charge in [-0.1, -0.05) is 30.3 Å². The van der Waals surface area contributed by atoms with Crippen LogP contribution in [-0.2, 0) is 13.5 Å². The maximum Gasteiger partial charge on any atom is 0.269 e. The number of aromatic nitrogens is 4. The van der Waals surface area contributed by atoms with E-state index in [0.29, 0.717) is 12.2 Å². The molecule has 0 unspecified atom stereocenters. The van der Waals surface area contributed by atoms with Crippen molar-refractivity contribution in [1.82, 2.24) is 25.3 Å². The third-order valence-electron chi connectivity index (χ3n) is 4.13. The first kappa shape index (κ1) is 16.0. The average molecular weight is 323 g/mol. The quantitative estimate of drug-likeness (QED) is 0.757. The van der Waals surface area contributed by atoms with Gasteiger partial charge in [-0.25, -0.2) is 0 Å². The Labute approximate surface area is 140 Å². The third kappa shape index (κ3) is 3.22. The van der Waals surface area contributed by atoms with E-state index in [4.69, 9.17) is 0 Å². The van der Waals surface area contributed by atoms with E-state index in [1.165, 1.54) is 5.56 Å². The fraction of sp³-hybridized carbons (Fsp3) is 0.278. The lowest BCUT2D eigenvalue weighted by Crippen LogP contribution is -2.25. The molecule has 1 aromatic carbocycles. The van der Waals surface area contributed by atoms with Crippen LogP contribution in [0.15, 0.2) is 36.4 Å². The fourth-order valence-corrected chi connectivity index (χ4v) is 2.77. The Hall–Kier alpha value is -2.89. The van der Waals surface area contributed by atoms with Crippen molar-refractivity contribution in [3.8, 4) is 11.3 Å². The summed E-state index contributed by atoms with van der Waals surface area (Å²) < 4.78 is 1.82. The first-order valence-electron chi connectivity index (χ1n) is 7.94. The maximum absolute atomic E-state index is 12.3. The standard InChI is InChI=1S/C18H21N5O/c1-12-17(13(2)23(3)22-12)15-11-16(21-20-15)18(24)19-10-9-14-7-5-4-6-8-14/h4-8,11H,9-10H2,1-3H3,(H,19,24)(H,20,21). The number of rotatable bonds is 5. The van der Waals surface area contributed by atoms with E-state index in [-0.39, 0.29) is 5.91 Å². The smallest absolute Gasteiger partial charge is 0.269 e. The van der Waals surface area contributed by atoms with Crippen LogP contribution >= 0.6 is 0 Å². The Morgan fingerprint density at radius 3 is 2.67 bits per heavy atom. The van der Waals surface area contributed by atoms with Crippen molar-refractivity contribution in [2.45, 2.75) is 20.3 Å². The van der Waals surface area contributed by atoms with Crippen LogP contribution in [0.25, 0.3) is 11.3 Å². The van der Waals surface area contributed by atoms with Crippen molar-refractivity contribution in [2.24, 2.45) is 7.05 Å². The molecule has 3 aromatic rings. The summed E-state index contributed by atoms with van der Waals surface area (Å²) in [6.45, 7) is 4.52. The van der Waals surface area contributed by atoms with Crippen molar-refractivity contribution in [3.63, 3.8) is 0 Å². The van der Waals surface area contributed by atoms with Crippen LogP contribution in [0.1, 0.15) is 27.4 Å². The van der Waals surface area contributed by atoms with Crippen LogP contribution in [-0.4, -0.2) is 32.4 Å². The summed E-state index contributed by atoms with van der Waals surface area (Å²) in [6, 6.07) is 11.8. The Morgan fingerprint density at radius 2 is 2.00 bits per heavy atom. The molecule has 0 bridgehead atoms. The molecule has 0 saturated carbocycles. The van der Waals surface area contributed by atoms with Crippen LogP contribution in [0.2, 0.25) is 0 Å². The summed E-state index contributed by atoms with van der Waals surface area (Å²) >= 11 is 0. The molecule has 0 fully saturated rings. The van der Waals surface area contributed by atoms with E-state index in [9.17, 15) is 4.79 Å². The van der Waals surface area contributed by atoms with Gasteiger partial charge in [-0.05, 0) is 31.9 Å². The first-order chi connectivity index (χ1) is 11.6. The number of carbonyl (C=O) groups excluding carboxylic acids is 1. The normalized spacial score (nSPS) is 10.8. The van der Waals surface area contributed by atoms with Gasteiger partial charge in [0.25, 0.3) is 5.91 Å². The van der Waals surface area contributed by atoms with E-state index in [2.05, 4.69) is 32.7 Å². The van der Waals surface area contributed by atoms with Crippen LogP contribution in [0.4, 0.5) is 0 Å². The number of nitrogens with one attached hydrogen (secondary N) is 2. The van der Waals surface area contributed by atoms with Crippen LogP contribution in [0.3, 0.4) is 0 Å². The van der Waals surface area contributed by atoms with E-state index >= 15 is 0 Å². The van der Waals surface area contributed by atoms with Gasteiger partial charge in [0.1, 0.15) is 5.69 Å². The average Bonchev–Trinajstić information content (AvgIpc) is 3.14. The maximum atomic E-state index is 12.3. The predicted molar refractivity (Wildman–Crippen MR) is 92.7 cm³/mol. The zero-order valence-electron chi connectivity index (χ0n) is 14.1. The number of hydrogen-bond acceptors (Lipinski definition) is 3. The molecule has 0 aliphatic heterocycles. The zero-order valence-corrected chi connectivity index (χ0v) is 14.1. The topological polar surface area (TPSA) is 75.6 Å².